The second-order valence-electron chi connectivity index (χ2n) is 8.82. The number of amides is 2. The second-order valence-corrected chi connectivity index (χ2v) is 8.82. The third-order valence-corrected chi connectivity index (χ3v) is 6.36. The molecule has 2 heterocycles. The van der Waals surface area contributed by atoms with E-state index >= 15 is 0 Å². The summed E-state index contributed by atoms with van der Waals surface area (Å²) in [7, 11) is 0. The quantitative estimate of drug-likeness (QED) is 0.669. The molecule has 2 amide bonds. The number of hydrogen-bond acceptors (Lipinski definition) is 5. The summed E-state index contributed by atoms with van der Waals surface area (Å²) in [5, 5.41) is 3.05. The van der Waals surface area contributed by atoms with Gasteiger partial charge in [0.1, 0.15) is 5.82 Å². The monoisotopic (exact) mass is 437 g/mol. The molecule has 1 N–H and O–H groups in total. The van der Waals surface area contributed by atoms with Crippen molar-refractivity contribution in [2.45, 2.75) is 65.2 Å². The van der Waals surface area contributed by atoms with Gasteiger partial charge in [-0.25, -0.2) is 9.97 Å². The van der Waals surface area contributed by atoms with Crippen LogP contribution in [0.5, 0.6) is 0 Å². The van der Waals surface area contributed by atoms with E-state index in [4.69, 9.17) is 4.98 Å². The van der Waals surface area contributed by atoms with E-state index in [1.807, 2.05) is 18.7 Å². The Morgan fingerprint density at radius 2 is 1.75 bits per heavy atom. The second kappa shape index (κ2) is 11.2. The van der Waals surface area contributed by atoms with Gasteiger partial charge >= 0.3 is 0 Å². The smallest absolute Gasteiger partial charge is 0.257 e. The van der Waals surface area contributed by atoms with Crippen molar-refractivity contribution in [2.24, 2.45) is 5.92 Å². The number of aromatic nitrogens is 3. The van der Waals surface area contributed by atoms with Crippen LogP contribution in [-0.4, -0.2) is 51.3 Å². The molecule has 0 saturated heterocycles. The highest BCUT2D eigenvalue weighted by molar-refractivity contribution is 5.95. The van der Waals surface area contributed by atoms with E-state index in [9.17, 15) is 9.59 Å². The van der Waals surface area contributed by atoms with Crippen LogP contribution in [-0.2, 0) is 0 Å². The van der Waals surface area contributed by atoms with E-state index in [1.54, 1.807) is 30.7 Å². The number of rotatable bonds is 8. The van der Waals surface area contributed by atoms with E-state index in [-0.39, 0.29) is 23.7 Å². The van der Waals surface area contributed by atoms with Crippen molar-refractivity contribution in [3.05, 3.63) is 53.4 Å². The third-order valence-electron chi connectivity index (χ3n) is 6.36. The van der Waals surface area contributed by atoms with Gasteiger partial charge in [0.05, 0.1) is 11.3 Å². The van der Waals surface area contributed by atoms with Gasteiger partial charge in [-0.3, -0.25) is 14.6 Å². The Hall–Kier alpha value is -2.83. The van der Waals surface area contributed by atoms with E-state index in [2.05, 4.69) is 29.1 Å². The summed E-state index contributed by atoms with van der Waals surface area (Å²) >= 11 is 0. The Labute approximate surface area is 191 Å². The minimum absolute atomic E-state index is 0.0204. The molecule has 1 saturated carbocycles. The number of pyridine rings is 1. The van der Waals surface area contributed by atoms with E-state index in [0.717, 1.165) is 37.2 Å². The maximum atomic E-state index is 13.1. The van der Waals surface area contributed by atoms with Crippen LogP contribution in [0, 0.1) is 5.92 Å². The van der Waals surface area contributed by atoms with Crippen LogP contribution in [0.3, 0.4) is 0 Å². The predicted octanol–water partition coefficient (Wildman–Crippen LogP) is 4.18. The first-order valence-electron chi connectivity index (χ1n) is 11.8. The highest BCUT2D eigenvalue weighted by atomic mass is 16.2. The number of hydrogen-bond donors (Lipinski definition) is 1. The van der Waals surface area contributed by atoms with Crippen LogP contribution in [0.2, 0.25) is 0 Å². The molecule has 1 aliphatic carbocycles. The van der Waals surface area contributed by atoms with Crippen LogP contribution < -0.4 is 5.32 Å². The third kappa shape index (κ3) is 5.69. The van der Waals surface area contributed by atoms with Crippen LogP contribution in [0.1, 0.15) is 97.4 Å². The first kappa shape index (κ1) is 23.8. The first-order chi connectivity index (χ1) is 15.4. The van der Waals surface area contributed by atoms with Crippen LogP contribution in [0.4, 0.5) is 0 Å². The Balaban J connectivity index is 1.67. The molecule has 0 spiro atoms. The largest absolute Gasteiger partial charge is 0.352 e. The zero-order valence-corrected chi connectivity index (χ0v) is 19.7. The lowest BCUT2D eigenvalue weighted by molar-refractivity contribution is 0.0769. The average Bonchev–Trinajstić information content (AvgIpc) is 2.83. The Bertz CT molecular complexity index is 904. The maximum absolute atomic E-state index is 13.1. The minimum Gasteiger partial charge on any atom is -0.352 e. The van der Waals surface area contributed by atoms with Crippen molar-refractivity contribution in [1.82, 2.24) is 25.2 Å². The molecule has 0 aliphatic heterocycles. The van der Waals surface area contributed by atoms with Crippen molar-refractivity contribution in [3.63, 3.8) is 0 Å². The lowest BCUT2D eigenvalue weighted by Gasteiger charge is -2.30. The molecule has 1 aliphatic rings. The normalized spacial score (nSPS) is 18.4. The van der Waals surface area contributed by atoms with Crippen LogP contribution >= 0.6 is 0 Å². The fourth-order valence-corrected chi connectivity index (χ4v) is 4.33. The van der Waals surface area contributed by atoms with Crippen LogP contribution in [0.15, 0.2) is 30.7 Å². The predicted molar refractivity (Wildman–Crippen MR) is 125 cm³/mol. The lowest BCUT2D eigenvalue weighted by atomic mass is 9.79. The van der Waals surface area contributed by atoms with Crippen molar-refractivity contribution in [1.29, 1.82) is 0 Å². The molecule has 0 atom stereocenters. The van der Waals surface area contributed by atoms with E-state index in [0.29, 0.717) is 36.7 Å². The number of carbonyl (C=O) groups is 2. The van der Waals surface area contributed by atoms with Gasteiger partial charge in [0.2, 0.25) is 0 Å². The fourth-order valence-electron chi connectivity index (χ4n) is 4.33. The van der Waals surface area contributed by atoms with Gasteiger partial charge in [0.15, 0.2) is 0 Å². The highest BCUT2D eigenvalue weighted by Gasteiger charge is 2.29. The summed E-state index contributed by atoms with van der Waals surface area (Å²) in [4.78, 5) is 40.6. The van der Waals surface area contributed by atoms with E-state index in [1.165, 1.54) is 0 Å². The number of nitrogens with one attached hydrogen (secondary N) is 1. The number of nitrogens with zero attached hydrogens (tertiary/aromatic N) is 4. The molecule has 172 valence electrons. The molecule has 3 rings (SSSR count). The minimum atomic E-state index is -0.0565. The summed E-state index contributed by atoms with van der Waals surface area (Å²) in [5.74, 6) is 1.66. The lowest BCUT2D eigenvalue weighted by Crippen LogP contribution is -2.33. The molecular weight excluding hydrogens is 402 g/mol. The first-order valence-corrected chi connectivity index (χ1v) is 11.8. The van der Waals surface area contributed by atoms with Gasteiger partial charge in [0.25, 0.3) is 11.8 Å². The van der Waals surface area contributed by atoms with Gasteiger partial charge in [-0.1, -0.05) is 13.8 Å². The maximum Gasteiger partial charge on any atom is 0.257 e. The van der Waals surface area contributed by atoms with Crippen molar-refractivity contribution >= 4 is 11.8 Å². The van der Waals surface area contributed by atoms with Gasteiger partial charge in [-0.2, -0.15) is 0 Å². The summed E-state index contributed by atoms with van der Waals surface area (Å²) in [5.41, 5.74) is 2.18. The average molecular weight is 438 g/mol. The molecule has 0 unspecified atom stereocenters. The zero-order chi connectivity index (χ0) is 23.1. The molecule has 0 radical (unpaired) electrons. The summed E-state index contributed by atoms with van der Waals surface area (Å²) < 4.78 is 0. The molecule has 2 aromatic heterocycles. The summed E-state index contributed by atoms with van der Waals surface area (Å²) in [6, 6.07) is 3.45. The molecule has 0 bridgehead atoms. The van der Waals surface area contributed by atoms with Gasteiger partial charge in [0, 0.05) is 55.6 Å². The standard InChI is InChI=1S/C25H35N5O2/c1-5-30(6-2)25(32)21-16-27-23(17(3)4)29-22(21)19-9-7-18(8-10-19)15-28-24(31)20-11-13-26-14-12-20/h11-14,16-19H,5-10,15H2,1-4H3,(H,28,31). The van der Waals surface area contributed by atoms with Crippen molar-refractivity contribution in [2.75, 3.05) is 19.6 Å². The highest BCUT2D eigenvalue weighted by Crippen LogP contribution is 2.36. The zero-order valence-electron chi connectivity index (χ0n) is 19.7. The summed E-state index contributed by atoms with van der Waals surface area (Å²) in [6.45, 7) is 10.2. The molecule has 7 heteroatoms. The van der Waals surface area contributed by atoms with Gasteiger partial charge < -0.3 is 10.2 Å². The molecule has 1 fully saturated rings. The molecule has 32 heavy (non-hydrogen) atoms. The van der Waals surface area contributed by atoms with Gasteiger partial charge in [-0.15, -0.1) is 0 Å². The topological polar surface area (TPSA) is 88.1 Å². The van der Waals surface area contributed by atoms with Crippen LogP contribution in [0.25, 0.3) is 0 Å². The SMILES string of the molecule is CCN(CC)C(=O)c1cnc(C(C)C)nc1C1CCC(CNC(=O)c2ccncc2)CC1. The Morgan fingerprint density at radius 3 is 2.34 bits per heavy atom. The van der Waals surface area contributed by atoms with Crippen molar-refractivity contribution in [3.8, 4) is 0 Å². The Morgan fingerprint density at radius 1 is 1.09 bits per heavy atom. The van der Waals surface area contributed by atoms with E-state index < -0.39 is 0 Å². The number of carbonyl (C=O) groups excluding carboxylic acids is 2. The van der Waals surface area contributed by atoms with Gasteiger partial charge in [-0.05, 0) is 57.6 Å². The van der Waals surface area contributed by atoms with Crippen molar-refractivity contribution < 1.29 is 9.59 Å². The molecular formula is C25H35N5O2. The summed E-state index contributed by atoms with van der Waals surface area (Å²) in [6.07, 6.45) is 8.92. The molecule has 7 nitrogen and oxygen atoms in total. The molecule has 2 aromatic rings. The fraction of sp³-hybridized carbons (Fsp3) is 0.560. The molecule has 0 aromatic carbocycles. The Kier molecular flexibility index (Phi) is 8.31.